The molecule has 0 N–H and O–H groups in total. The fourth-order valence-corrected chi connectivity index (χ4v) is 2.80. The van der Waals surface area contributed by atoms with Crippen LogP contribution in [0.3, 0.4) is 0 Å². The van der Waals surface area contributed by atoms with Crippen molar-refractivity contribution in [1.29, 1.82) is 0 Å². The van der Waals surface area contributed by atoms with Crippen molar-refractivity contribution >= 4 is 23.2 Å². The predicted molar refractivity (Wildman–Crippen MR) is 116 cm³/mol. The van der Waals surface area contributed by atoms with Crippen molar-refractivity contribution in [3.8, 4) is 12.3 Å². The van der Waals surface area contributed by atoms with Crippen LogP contribution in [0.5, 0.6) is 0 Å². The van der Waals surface area contributed by atoms with E-state index in [2.05, 4.69) is 10.9 Å². The van der Waals surface area contributed by atoms with Crippen molar-refractivity contribution in [2.24, 2.45) is 0 Å². The lowest BCUT2D eigenvalue weighted by Gasteiger charge is -2.27. The number of imidazole rings is 1. The molecule has 0 atom stereocenters. The zero-order valence-electron chi connectivity index (χ0n) is 18.7. The highest BCUT2D eigenvalue weighted by atomic mass is 16.6. The molecule has 0 spiro atoms. The molecule has 1 heterocycles. The molecule has 0 unspecified atom stereocenters. The molecule has 162 valence electrons. The number of hydrogen-bond donors (Lipinski definition) is 0. The van der Waals surface area contributed by atoms with Gasteiger partial charge < -0.3 is 14.4 Å². The molecule has 1 aromatic heterocycles. The summed E-state index contributed by atoms with van der Waals surface area (Å²) in [5, 5.41) is 0. The molecule has 1 aromatic carbocycles. The van der Waals surface area contributed by atoms with E-state index in [1.54, 1.807) is 47.6 Å². The number of rotatable bonds is 5. The van der Waals surface area contributed by atoms with E-state index in [9.17, 15) is 9.59 Å². The lowest BCUT2D eigenvalue weighted by atomic mass is 10.2. The SMILES string of the molecule is C#CCCCN(Cc1nc2ccccc2n1C(=O)OC(C)(C)C)C(=O)OC(C)(C)C. The number of hydrogen-bond acceptors (Lipinski definition) is 5. The zero-order chi connectivity index (χ0) is 22.5. The Hall–Kier alpha value is -3.01. The Bertz CT molecular complexity index is 942. The predicted octanol–water partition coefficient (Wildman–Crippen LogP) is 4.97. The molecule has 2 aromatic rings. The van der Waals surface area contributed by atoms with Gasteiger partial charge >= 0.3 is 12.2 Å². The van der Waals surface area contributed by atoms with E-state index in [-0.39, 0.29) is 6.54 Å². The molecule has 0 radical (unpaired) electrons. The average Bonchev–Trinajstić information content (AvgIpc) is 2.96. The Balaban J connectivity index is 2.42. The third-order valence-corrected chi connectivity index (χ3v) is 3.94. The van der Waals surface area contributed by atoms with Gasteiger partial charge in [0.05, 0.1) is 17.6 Å². The summed E-state index contributed by atoms with van der Waals surface area (Å²) in [5.41, 5.74) is -0.0509. The van der Waals surface area contributed by atoms with E-state index < -0.39 is 23.4 Å². The number of carbonyl (C=O) groups is 2. The van der Waals surface area contributed by atoms with E-state index in [0.29, 0.717) is 36.2 Å². The van der Waals surface area contributed by atoms with Crippen LogP contribution in [0.1, 0.15) is 60.2 Å². The number of para-hydroxylation sites is 2. The maximum Gasteiger partial charge on any atom is 0.420 e. The topological polar surface area (TPSA) is 73.7 Å². The van der Waals surface area contributed by atoms with Crippen LogP contribution < -0.4 is 0 Å². The van der Waals surface area contributed by atoms with Gasteiger partial charge in [0.15, 0.2) is 0 Å². The number of terminal acetylenes is 1. The Kier molecular flexibility index (Phi) is 7.14. The summed E-state index contributed by atoms with van der Waals surface area (Å²) in [4.78, 5) is 31.8. The molecule has 0 bridgehead atoms. The first-order valence-electron chi connectivity index (χ1n) is 10.0. The van der Waals surface area contributed by atoms with Crippen LogP contribution in [-0.4, -0.2) is 44.4 Å². The summed E-state index contributed by atoms with van der Waals surface area (Å²) in [5.74, 6) is 2.98. The van der Waals surface area contributed by atoms with E-state index in [0.717, 1.165) is 0 Å². The van der Waals surface area contributed by atoms with Crippen LogP contribution in [0.4, 0.5) is 9.59 Å². The monoisotopic (exact) mass is 413 g/mol. The second kappa shape index (κ2) is 9.21. The zero-order valence-corrected chi connectivity index (χ0v) is 18.7. The highest BCUT2D eigenvalue weighted by Gasteiger charge is 2.27. The second-order valence-corrected chi connectivity index (χ2v) is 9.04. The number of benzene rings is 1. The Morgan fingerprint density at radius 2 is 1.73 bits per heavy atom. The Morgan fingerprint density at radius 1 is 1.10 bits per heavy atom. The number of ether oxygens (including phenoxy) is 2. The largest absolute Gasteiger partial charge is 0.444 e. The third-order valence-electron chi connectivity index (χ3n) is 3.94. The van der Waals surface area contributed by atoms with Gasteiger partial charge in [-0.1, -0.05) is 12.1 Å². The second-order valence-electron chi connectivity index (χ2n) is 9.04. The summed E-state index contributed by atoms with van der Waals surface area (Å²) in [6.45, 7) is 11.3. The van der Waals surface area contributed by atoms with Crippen LogP contribution >= 0.6 is 0 Å². The third kappa shape index (κ3) is 6.51. The van der Waals surface area contributed by atoms with Crippen molar-refractivity contribution in [2.75, 3.05) is 6.54 Å². The minimum absolute atomic E-state index is 0.0907. The van der Waals surface area contributed by atoms with Gasteiger partial charge in [0, 0.05) is 13.0 Å². The maximum atomic E-state index is 12.9. The number of amides is 1. The van der Waals surface area contributed by atoms with E-state index in [1.165, 1.54) is 9.47 Å². The van der Waals surface area contributed by atoms with Crippen molar-refractivity contribution in [3.63, 3.8) is 0 Å². The summed E-state index contributed by atoms with van der Waals surface area (Å²) in [6, 6.07) is 7.28. The van der Waals surface area contributed by atoms with Gasteiger partial charge in [-0.15, -0.1) is 12.3 Å². The van der Waals surface area contributed by atoms with Crippen molar-refractivity contribution in [2.45, 2.75) is 72.1 Å². The fourth-order valence-electron chi connectivity index (χ4n) is 2.80. The Labute approximate surface area is 178 Å². The highest BCUT2D eigenvalue weighted by Crippen LogP contribution is 2.21. The highest BCUT2D eigenvalue weighted by molar-refractivity contribution is 5.87. The van der Waals surface area contributed by atoms with Crippen LogP contribution in [0, 0.1) is 12.3 Å². The first-order chi connectivity index (χ1) is 13.9. The van der Waals surface area contributed by atoms with E-state index in [1.807, 2.05) is 18.2 Å². The summed E-state index contributed by atoms with van der Waals surface area (Å²) >= 11 is 0. The molecule has 0 fully saturated rings. The number of unbranched alkanes of at least 4 members (excludes halogenated alkanes) is 1. The fraction of sp³-hybridized carbons (Fsp3) is 0.522. The number of nitrogens with zero attached hydrogens (tertiary/aromatic N) is 3. The number of fused-ring (bicyclic) bond motifs is 1. The van der Waals surface area contributed by atoms with E-state index in [4.69, 9.17) is 15.9 Å². The minimum Gasteiger partial charge on any atom is -0.444 e. The lowest BCUT2D eigenvalue weighted by molar-refractivity contribution is 0.0219. The molecule has 0 saturated carbocycles. The summed E-state index contributed by atoms with van der Waals surface area (Å²) in [6.07, 6.45) is 5.47. The van der Waals surface area contributed by atoms with Crippen LogP contribution in [0.25, 0.3) is 11.0 Å². The van der Waals surface area contributed by atoms with Gasteiger partial charge in [0.1, 0.15) is 17.0 Å². The summed E-state index contributed by atoms with van der Waals surface area (Å²) < 4.78 is 12.5. The maximum absolute atomic E-state index is 12.9. The smallest absolute Gasteiger partial charge is 0.420 e. The van der Waals surface area contributed by atoms with Gasteiger partial charge in [-0.05, 0) is 60.1 Å². The van der Waals surface area contributed by atoms with Crippen molar-refractivity contribution < 1.29 is 19.1 Å². The summed E-state index contributed by atoms with van der Waals surface area (Å²) in [7, 11) is 0. The van der Waals surface area contributed by atoms with Crippen molar-refractivity contribution in [1.82, 2.24) is 14.5 Å². The van der Waals surface area contributed by atoms with Crippen LogP contribution in [-0.2, 0) is 16.0 Å². The quantitative estimate of drug-likeness (QED) is 0.511. The van der Waals surface area contributed by atoms with Gasteiger partial charge in [0.2, 0.25) is 0 Å². The molecule has 0 saturated heterocycles. The first-order valence-corrected chi connectivity index (χ1v) is 10.0. The van der Waals surface area contributed by atoms with Gasteiger partial charge in [-0.25, -0.2) is 19.1 Å². The molecular weight excluding hydrogens is 382 g/mol. The molecule has 0 aliphatic rings. The van der Waals surface area contributed by atoms with Crippen LogP contribution in [0.2, 0.25) is 0 Å². The first kappa shape index (κ1) is 23.3. The molecule has 7 nitrogen and oxygen atoms in total. The van der Waals surface area contributed by atoms with Gasteiger partial charge in [-0.2, -0.15) is 0 Å². The lowest BCUT2D eigenvalue weighted by Crippen LogP contribution is -2.38. The van der Waals surface area contributed by atoms with Gasteiger partial charge in [-0.3, -0.25) is 0 Å². The Morgan fingerprint density at radius 3 is 2.33 bits per heavy atom. The van der Waals surface area contributed by atoms with Crippen molar-refractivity contribution in [3.05, 3.63) is 30.1 Å². The molecule has 30 heavy (non-hydrogen) atoms. The molecular formula is C23H31N3O4. The standard InChI is InChI=1S/C23H31N3O4/c1-8-9-12-15-25(20(27)29-22(2,3)4)16-19-24-17-13-10-11-14-18(17)26(19)21(28)30-23(5,6)7/h1,10-11,13-14H,9,12,15-16H2,2-7H3. The van der Waals surface area contributed by atoms with Gasteiger partial charge in [0.25, 0.3) is 0 Å². The van der Waals surface area contributed by atoms with E-state index >= 15 is 0 Å². The van der Waals surface area contributed by atoms with Crippen LogP contribution in [0.15, 0.2) is 24.3 Å². The number of aromatic nitrogens is 2. The average molecular weight is 414 g/mol. The number of carbonyl (C=O) groups excluding carboxylic acids is 2. The molecule has 7 heteroatoms. The molecule has 1 amide bonds. The normalized spacial score (nSPS) is 11.8. The molecule has 0 aliphatic heterocycles. The molecule has 0 aliphatic carbocycles. The molecule has 2 rings (SSSR count). The minimum atomic E-state index is -0.669.